The van der Waals surface area contributed by atoms with Crippen LogP contribution in [0.4, 0.5) is 0 Å². The van der Waals surface area contributed by atoms with E-state index in [1.165, 1.54) is 11.4 Å². The molecule has 0 spiro atoms. The lowest BCUT2D eigenvalue weighted by Gasteiger charge is -2.16. The zero-order valence-electron chi connectivity index (χ0n) is 11.5. The van der Waals surface area contributed by atoms with Crippen LogP contribution in [0.25, 0.3) is 0 Å². The Morgan fingerprint density at radius 2 is 2.05 bits per heavy atom. The molecule has 2 rings (SSSR count). The highest BCUT2D eigenvalue weighted by atomic mass is 32.2. The normalized spacial score (nSPS) is 11.7. The lowest BCUT2D eigenvalue weighted by Crippen LogP contribution is -2.28. The van der Waals surface area contributed by atoms with E-state index in [2.05, 4.69) is 9.97 Å². The molecular weight excluding hydrogens is 308 g/mol. The van der Waals surface area contributed by atoms with Gasteiger partial charge >= 0.3 is 0 Å². The van der Waals surface area contributed by atoms with E-state index in [1.807, 2.05) is 0 Å². The maximum atomic E-state index is 12.3. The molecule has 0 unspecified atom stereocenters. The van der Waals surface area contributed by atoms with Gasteiger partial charge in [0.15, 0.2) is 0 Å². The third kappa shape index (κ3) is 4.10. The molecule has 2 aromatic rings. The topological polar surface area (TPSA) is 92.1 Å². The number of nitrogens with one attached hydrogen (secondary N) is 1. The van der Waals surface area contributed by atoms with Crippen LogP contribution in [0.1, 0.15) is 17.0 Å². The number of sulfonamides is 1. The van der Waals surface area contributed by atoms with Gasteiger partial charge in [-0.25, -0.2) is 13.4 Å². The van der Waals surface area contributed by atoms with E-state index in [4.69, 9.17) is 18.0 Å². The fraction of sp³-hybridized carbons (Fsp3) is 0.231. The molecule has 0 aliphatic rings. The van der Waals surface area contributed by atoms with E-state index in [9.17, 15) is 8.42 Å². The zero-order chi connectivity index (χ0) is 15.5. The quantitative estimate of drug-likeness (QED) is 0.774. The Bertz CT molecular complexity index is 709. The van der Waals surface area contributed by atoms with Crippen LogP contribution in [0.2, 0.25) is 0 Å². The van der Waals surface area contributed by atoms with Gasteiger partial charge in [0.1, 0.15) is 10.8 Å². The SMILES string of the molecule is CN(Cc1ncc[nH]1)S(=O)(=O)Cc1ccc(C(N)=S)cc1. The molecule has 1 heterocycles. The number of thiocarbonyl (C=S) groups is 1. The Morgan fingerprint density at radius 3 is 2.57 bits per heavy atom. The standard InChI is InChI=1S/C13H16N4O2S2/c1-17(8-12-15-6-7-16-12)21(18,19)9-10-2-4-11(5-3-10)13(14)20/h2-7H,8-9H2,1H3,(H2,14,20)(H,15,16). The summed E-state index contributed by atoms with van der Waals surface area (Å²) in [6.07, 6.45) is 3.24. The Morgan fingerprint density at radius 1 is 1.38 bits per heavy atom. The van der Waals surface area contributed by atoms with Gasteiger partial charge in [-0.2, -0.15) is 4.31 Å². The van der Waals surface area contributed by atoms with E-state index < -0.39 is 10.0 Å². The van der Waals surface area contributed by atoms with Crippen LogP contribution in [0, 0.1) is 0 Å². The summed E-state index contributed by atoms with van der Waals surface area (Å²) in [5, 5.41) is 0. The molecular formula is C13H16N4O2S2. The predicted octanol–water partition coefficient (Wildman–Crippen LogP) is 1.01. The van der Waals surface area contributed by atoms with Crippen LogP contribution < -0.4 is 5.73 Å². The first-order valence-corrected chi connectivity index (χ1v) is 8.21. The van der Waals surface area contributed by atoms with Crippen molar-refractivity contribution in [2.45, 2.75) is 12.3 Å². The highest BCUT2D eigenvalue weighted by Crippen LogP contribution is 2.12. The van der Waals surface area contributed by atoms with Gasteiger partial charge in [0.2, 0.25) is 10.0 Å². The van der Waals surface area contributed by atoms with E-state index in [0.717, 1.165) is 5.56 Å². The highest BCUT2D eigenvalue weighted by Gasteiger charge is 2.19. The Kier molecular flexibility index (Phi) is 4.71. The van der Waals surface area contributed by atoms with Crippen molar-refractivity contribution in [2.24, 2.45) is 5.73 Å². The molecule has 0 aliphatic carbocycles. The summed E-state index contributed by atoms with van der Waals surface area (Å²) in [5.74, 6) is 0.520. The van der Waals surface area contributed by atoms with Crippen molar-refractivity contribution in [3.05, 3.63) is 53.6 Å². The first kappa shape index (κ1) is 15.6. The third-order valence-electron chi connectivity index (χ3n) is 2.99. The summed E-state index contributed by atoms with van der Waals surface area (Å²) in [6, 6.07) is 6.87. The molecule has 0 saturated carbocycles. The predicted molar refractivity (Wildman–Crippen MR) is 85.0 cm³/mol. The highest BCUT2D eigenvalue weighted by molar-refractivity contribution is 7.88. The zero-order valence-corrected chi connectivity index (χ0v) is 13.1. The molecule has 1 aromatic heterocycles. The van der Waals surface area contributed by atoms with Crippen LogP contribution in [0.15, 0.2) is 36.7 Å². The minimum Gasteiger partial charge on any atom is -0.389 e. The first-order valence-electron chi connectivity index (χ1n) is 6.19. The second kappa shape index (κ2) is 6.33. The molecule has 3 N–H and O–H groups in total. The van der Waals surface area contributed by atoms with Crippen LogP contribution in [0.5, 0.6) is 0 Å². The van der Waals surface area contributed by atoms with Gasteiger partial charge in [-0.1, -0.05) is 36.5 Å². The van der Waals surface area contributed by atoms with E-state index in [1.54, 1.807) is 36.7 Å². The number of nitrogens with zero attached hydrogens (tertiary/aromatic N) is 2. The fourth-order valence-corrected chi connectivity index (χ4v) is 3.07. The van der Waals surface area contributed by atoms with Crippen LogP contribution in [-0.4, -0.2) is 34.7 Å². The minimum atomic E-state index is -3.41. The number of imidazole rings is 1. The van der Waals surface area contributed by atoms with Crippen molar-refractivity contribution in [1.82, 2.24) is 14.3 Å². The number of nitrogens with two attached hydrogens (primary N) is 1. The molecule has 0 fully saturated rings. The number of hydrogen-bond acceptors (Lipinski definition) is 4. The van der Waals surface area contributed by atoms with Crippen LogP contribution in [-0.2, 0) is 22.3 Å². The van der Waals surface area contributed by atoms with Crippen molar-refractivity contribution >= 4 is 27.2 Å². The second-order valence-corrected chi connectivity index (χ2v) is 7.12. The molecule has 0 atom stereocenters. The number of H-pyrrole nitrogens is 1. The first-order chi connectivity index (χ1) is 9.88. The lowest BCUT2D eigenvalue weighted by molar-refractivity contribution is 0.457. The average molecular weight is 324 g/mol. The lowest BCUT2D eigenvalue weighted by atomic mass is 10.1. The van der Waals surface area contributed by atoms with Gasteiger partial charge in [0.05, 0.1) is 12.3 Å². The maximum absolute atomic E-state index is 12.3. The van der Waals surface area contributed by atoms with Gasteiger partial charge in [-0.3, -0.25) is 0 Å². The molecule has 0 bridgehead atoms. The van der Waals surface area contributed by atoms with E-state index in [0.29, 0.717) is 16.4 Å². The van der Waals surface area contributed by atoms with Crippen molar-refractivity contribution in [2.75, 3.05) is 7.05 Å². The molecule has 0 saturated heterocycles. The fourth-order valence-electron chi connectivity index (χ4n) is 1.78. The molecule has 8 heteroatoms. The summed E-state index contributed by atoms with van der Waals surface area (Å²) in [7, 11) is -1.88. The molecule has 6 nitrogen and oxygen atoms in total. The number of aromatic nitrogens is 2. The van der Waals surface area contributed by atoms with Crippen LogP contribution in [0.3, 0.4) is 0 Å². The van der Waals surface area contributed by atoms with E-state index >= 15 is 0 Å². The Labute approximate surface area is 129 Å². The van der Waals surface area contributed by atoms with Crippen molar-refractivity contribution in [1.29, 1.82) is 0 Å². The third-order valence-corrected chi connectivity index (χ3v) is 5.00. The number of rotatable bonds is 6. The number of hydrogen-bond donors (Lipinski definition) is 2. The van der Waals surface area contributed by atoms with Gasteiger partial charge in [-0.15, -0.1) is 0 Å². The number of benzene rings is 1. The summed E-state index contributed by atoms with van der Waals surface area (Å²) in [4.78, 5) is 7.19. The molecule has 1 aromatic carbocycles. The summed E-state index contributed by atoms with van der Waals surface area (Å²) < 4.78 is 25.8. The number of aromatic amines is 1. The smallest absolute Gasteiger partial charge is 0.218 e. The Hall–Kier alpha value is -1.77. The molecule has 0 amide bonds. The average Bonchev–Trinajstić information content (AvgIpc) is 2.91. The van der Waals surface area contributed by atoms with Crippen molar-refractivity contribution < 1.29 is 8.42 Å². The van der Waals surface area contributed by atoms with Gasteiger partial charge < -0.3 is 10.7 Å². The summed E-state index contributed by atoms with van der Waals surface area (Å²) in [5.41, 5.74) is 6.91. The monoisotopic (exact) mass is 324 g/mol. The van der Waals surface area contributed by atoms with Crippen molar-refractivity contribution in [3.8, 4) is 0 Å². The van der Waals surface area contributed by atoms with Gasteiger partial charge in [-0.05, 0) is 5.56 Å². The van der Waals surface area contributed by atoms with E-state index in [-0.39, 0.29) is 12.3 Å². The second-order valence-electron chi connectivity index (χ2n) is 4.61. The largest absolute Gasteiger partial charge is 0.389 e. The molecule has 0 radical (unpaired) electrons. The molecule has 112 valence electrons. The Balaban J connectivity index is 2.07. The van der Waals surface area contributed by atoms with Crippen molar-refractivity contribution in [3.63, 3.8) is 0 Å². The summed E-state index contributed by atoms with van der Waals surface area (Å²) >= 11 is 4.86. The van der Waals surface area contributed by atoms with Crippen LogP contribution >= 0.6 is 12.2 Å². The van der Waals surface area contributed by atoms with Gasteiger partial charge in [0.25, 0.3) is 0 Å². The maximum Gasteiger partial charge on any atom is 0.218 e. The molecule has 21 heavy (non-hydrogen) atoms. The minimum absolute atomic E-state index is 0.0815. The molecule has 0 aliphatic heterocycles. The van der Waals surface area contributed by atoms with Gasteiger partial charge in [0, 0.05) is 25.0 Å². The summed E-state index contributed by atoms with van der Waals surface area (Å²) in [6.45, 7) is 0.209.